The average Bonchev–Trinajstić information content (AvgIpc) is 2.86. The van der Waals surface area contributed by atoms with Gasteiger partial charge >= 0.3 is 5.00 Å². The quantitative estimate of drug-likeness (QED) is 0.636. The van der Waals surface area contributed by atoms with Gasteiger partial charge in [-0.15, -0.1) is 0 Å². The first-order chi connectivity index (χ1) is 8.69. The first-order valence-electron chi connectivity index (χ1n) is 6.25. The molecule has 0 aromatic carbocycles. The molecule has 0 bridgehead atoms. The van der Waals surface area contributed by atoms with Crippen LogP contribution in [0, 0.1) is 16.0 Å². The topological polar surface area (TPSA) is 75.4 Å². The fourth-order valence-corrected chi connectivity index (χ4v) is 3.09. The fourth-order valence-electron chi connectivity index (χ4n) is 2.36. The predicted octanol–water partition coefficient (Wildman–Crippen LogP) is 2.30. The van der Waals surface area contributed by atoms with Gasteiger partial charge in [-0.1, -0.05) is 11.3 Å². The molecule has 6 heteroatoms. The number of thiophene rings is 1. The molecule has 1 aromatic rings. The molecule has 1 aliphatic rings. The Kier molecular flexibility index (Phi) is 4.68. The highest BCUT2D eigenvalue weighted by Gasteiger charge is 2.20. The summed E-state index contributed by atoms with van der Waals surface area (Å²) in [4.78, 5) is 10.2. The number of hydrogen-bond acceptors (Lipinski definition) is 5. The summed E-state index contributed by atoms with van der Waals surface area (Å²) in [5.41, 5.74) is 0.982. The number of aliphatic hydroxyl groups excluding tert-OH is 1. The number of rotatable bonds is 5. The molecule has 0 radical (unpaired) electrons. The van der Waals surface area contributed by atoms with Crippen molar-refractivity contribution in [2.45, 2.75) is 38.3 Å². The van der Waals surface area contributed by atoms with Gasteiger partial charge in [-0.2, -0.15) is 0 Å². The number of aliphatic hydroxyl groups is 1. The Labute approximate surface area is 110 Å². The molecule has 1 aliphatic carbocycles. The van der Waals surface area contributed by atoms with Gasteiger partial charge in [0, 0.05) is 30.6 Å². The molecule has 1 fully saturated rings. The molecular formula is C12H18N2O3S. The maximum Gasteiger partial charge on any atom is 0.324 e. The molecule has 0 atom stereocenters. The summed E-state index contributed by atoms with van der Waals surface area (Å²) in [7, 11) is 0. The van der Waals surface area contributed by atoms with Crippen LogP contribution in [0.5, 0.6) is 0 Å². The van der Waals surface area contributed by atoms with E-state index in [1.807, 2.05) is 5.38 Å². The SMILES string of the molecule is O=[N+]([O-])c1cc(CNC2CCC(CO)CC2)cs1. The third-order valence-electron chi connectivity index (χ3n) is 3.52. The maximum absolute atomic E-state index is 10.6. The van der Waals surface area contributed by atoms with Crippen molar-refractivity contribution < 1.29 is 10.0 Å². The molecule has 0 saturated heterocycles. The van der Waals surface area contributed by atoms with Crippen molar-refractivity contribution in [3.8, 4) is 0 Å². The van der Waals surface area contributed by atoms with E-state index in [0.29, 0.717) is 25.1 Å². The van der Waals surface area contributed by atoms with Crippen molar-refractivity contribution >= 4 is 16.3 Å². The molecule has 2 N–H and O–H groups in total. The largest absolute Gasteiger partial charge is 0.396 e. The molecule has 1 saturated carbocycles. The van der Waals surface area contributed by atoms with Crippen molar-refractivity contribution in [1.29, 1.82) is 0 Å². The third kappa shape index (κ3) is 3.51. The standard InChI is InChI=1S/C12H18N2O3S/c15-7-9-1-3-11(4-2-9)13-6-10-5-12(14(16)17)18-8-10/h5,8-9,11,13,15H,1-4,6-7H2. The Morgan fingerprint density at radius 2 is 2.17 bits per heavy atom. The van der Waals surface area contributed by atoms with E-state index in [0.717, 1.165) is 31.2 Å². The van der Waals surface area contributed by atoms with E-state index in [9.17, 15) is 10.1 Å². The second kappa shape index (κ2) is 6.26. The van der Waals surface area contributed by atoms with E-state index in [-0.39, 0.29) is 9.92 Å². The lowest BCUT2D eigenvalue weighted by Gasteiger charge is -2.27. The van der Waals surface area contributed by atoms with Gasteiger partial charge in [-0.3, -0.25) is 10.1 Å². The molecule has 2 rings (SSSR count). The molecular weight excluding hydrogens is 252 g/mol. The number of nitrogens with one attached hydrogen (secondary N) is 1. The van der Waals surface area contributed by atoms with Crippen LogP contribution in [0.25, 0.3) is 0 Å². The van der Waals surface area contributed by atoms with Crippen LogP contribution in [0.3, 0.4) is 0 Å². The van der Waals surface area contributed by atoms with Crippen molar-refractivity contribution in [2.75, 3.05) is 6.61 Å². The normalized spacial score (nSPS) is 24.1. The van der Waals surface area contributed by atoms with Gasteiger partial charge in [0.2, 0.25) is 0 Å². The summed E-state index contributed by atoms with van der Waals surface area (Å²) in [6, 6.07) is 2.11. The van der Waals surface area contributed by atoms with Gasteiger partial charge in [0.1, 0.15) is 0 Å². The first kappa shape index (κ1) is 13.5. The van der Waals surface area contributed by atoms with Crippen LogP contribution in [0.4, 0.5) is 5.00 Å². The summed E-state index contributed by atoms with van der Waals surface area (Å²) >= 11 is 1.18. The Balaban J connectivity index is 1.76. The highest BCUT2D eigenvalue weighted by atomic mass is 32.1. The molecule has 0 aliphatic heterocycles. The Morgan fingerprint density at radius 3 is 2.72 bits per heavy atom. The Hall–Kier alpha value is -0.980. The summed E-state index contributed by atoms with van der Waals surface area (Å²) < 4.78 is 0. The molecule has 5 nitrogen and oxygen atoms in total. The van der Waals surface area contributed by atoms with Gasteiger partial charge in [0.05, 0.1) is 4.92 Å². The lowest BCUT2D eigenvalue weighted by atomic mass is 9.86. The maximum atomic E-state index is 10.6. The van der Waals surface area contributed by atoms with Crippen molar-refractivity contribution in [3.63, 3.8) is 0 Å². The molecule has 0 spiro atoms. The summed E-state index contributed by atoms with van der Waals surface area (Å²) in [5, 5.41) is 25.1. The minimum atomic E-state index is -0.347. The van der Waals surface area contributed by atoms with E-state index in [4.69, 9.17) is 5.11 Å². The van der Waals surface area contributed by atoms with Gasteiger partial charge in [-0.05, 0) is 37.2 Å². The van der Waals surface area contributed by atoms with E-state index in [1.165, 1.54) is 11.3 Å². The highest BCUT2D eigenvalue weighted by molar-refractivity contribution is 7.13. The zero-order valence-corrected chi connectivity index (χ0v) is 11.0. The van der Waals surface area contributed by atoms with Crippen molar-refractivity contribution in [1.82, 2.24) is 5.32 Å². The van der Waals surface area contributed by atoms with Gasteiger partial charge in [-0.25, -0.2) is 0 Å². The minimum Gasteiger partial charge on any atom is -0.396 e. The van der Waals surface area contributed by atoms with E-state index >= 15 is 0 Å². The van der Waals surface area contributed by atoms with Gasteiger partial charge in [0.15, 0.2) is 0 Å². The highest BCUT2D eigenvalue weighted by Crippen LogP contribution is 2.25. The Bertz CT molecular complexity index is 400. The second-order valence-electron chi connectivity index (χ2n) is 4.83. The second-order valence-corrected chi connectivity index (χ2v) is 5.72. The van der Waals surface area contributed by atoms with Gasteiger partial charge in [0.25, 0.3) is 0 Å². The predicted molar refractivity (Wildman–Crippen MR) is 70.6 cm³/mol. The van der Waals surface area contributed by atoms with Crippen LogP contribution in [0.15, 0.2) is 11.4 Å². The Morgan fingerprint density at radius 1 is 1.44 bits per heavy atom. The smallest absolute Gasteiger partial charge is 0.324 e. The van der Waals surface area contributed by atoms with E-state index in [2.05, 4.69) is 5.32 Å². The van der Waals surface area contributed by atoms with E-state index < -0.39 is 0 Å². The van der Waals surface area contributed by atoms with Crippen LogP contribution in [0.1, 0.15) is 31.2 Å². The van der Waals surface area contributed by atoms with E-state index in [1.54, 1.807) is 6.07 Å². The van der Waals surface area contributed by atoms with Crippen LogP contribution < -0.4 is 5.32 Å². The summed E-state index contributed by atoms with van der Waals surface area (Å²) in [6.07, 6.45) is 4.30. The average molecular weight is 270 g/mol. The third-order valence-corrected chi connectivity index (χ3v) is 4.45. The molecule has 100 valence electrons. The lowest BCUT2D eigenvalue weighted by Crippen LogP contribution is -2.33. The minimum absolute atomic E-state index is 0.204. The first-order valence-corrected chi connectivity index (χ1v) is 7.13. The number of nitrogens with zero attached hydrogens (tertiary/aromatic N) is 1. The molecule has 0 amide bonds. The van der Waals surface area contributed by atoms with Crippen LogP contribution in [0.2, 0.25) is 0 Å². The van der Waals surface area contributed by atoms with Gasteiger partial charge < -0.3 is 10.4 Å². The zero-order valence-electron chi connectivity index (χ0n) is 10.2. The van der Waals surface area contributed by atoms with Crippen molar-refractivity contribution in [3.05, 3.63) is 27.1 Å². The van der Waals surface area contributed by atoms with Crippen molar-refractivity contribution in [2.24, 2.45) is 5.92 Å². The van der Waals surface area contributed by atoms with Crippen LogP contribution in [-0.2, 0) is 6.54 Å². The number of hydrogen-bond donors (Lipinski definition) is 2. The fraction of sp³-hybridized carbons (Fsp3) is 0.667. The monoisotopic (exact) mass is 270 g/mol. The number of nitro groups is 1. The molecule has 1 heterocycles. The lowest BCUT2D eigenvalue weighted by molar-refractivity contribution is -0.380. The zero-order chi connectivity index (χ0) is 13.0. The summed E-state index contributed by atoms with van der Waals surface area (Å²) in [6.45, 7) is 0.988. The molecule has 1 aromatic heterocycles. The molecule has 0 unspecified atom stereocenters. The van der Waals surface area contributed by atoms with Crippen LogP contribution >= 0.6 is 11.3 Å². The van der Waals surface area contributed by atoms with Crippen LogP contribution in [-0.4, -0.2) is 22.7 Å². The molecule has 18 heavy (non-hydrogen) atoms. The summed E-state index contributed by atoms with van der Waals surface area (Å²) in [5.74, 6) is 0.463.